The fourth-order valence-electron chi connectivity index (χ4n) is 1.65. The molecule has 2 rings (SSSR count). The number of carboxylic acid groups (broad SMARTS) is 1. The van der Waals surface area contributed by atoms with Gasteiger partial charge in [-0.3, -0.25) is 4.79 Å². The predicted molar refractivity (Wildman–Crippen MR) is 78.2 cm³/mol. The maximum atomic E-state index is 11.7. The quantitative estimate of drug-likeness (QED) is 0.788. The summed E-state index contributed by atoms with van der Waals surface area (Å²) in [4.78, 5) is 22.8. The molecule has 1 amide bonds. The van der Waals surface area contributed by atoms with E-state index >= 15 is 0 Å². The molecular formula is C14H13NO5S. The van der Waals surface area contributed by atoms with Crippen LogP contribution in [0.4, 0.5) is 5.00 Å². The number of para-hydroxylation sites is 2. The van der Waals surface area contributed by atoms with Gasteiger partial charge in [0.1, 0.15) is 4.88 Å². The normalized spacial score (nSPS) is 10.1. The highest BCUT2D eigenvalue weighted by atomic mass is 32.1. The largest absolute Gasteiger partial charge is 0.504 e. The molecule has 1 heterocycles. The molecule has 0 aliphatic carbocycles. The molecule has 21 heavy (non-hydrogen) atoms. The van der Waals surface area contributed by atoms with Gasteiger partial charge in [-0.15, -0.1) is 11.3 Å². The summed E-state index contributed by atoms with van der Waals surface area (Å²) in [5.74, 6) is -1.30. The van der Waals surface area contributed by atoms with E-state index in [1.165, 1.54) is 6.07 Å². The second-order valence-electron chi connectivity index (χ2n) is 4.23. The molecule has 0 fully saturated rings. The Morgan fingerprint density at radius 1 is 1.33 bits per heavy atom. The van der Waals surface area contributed by atoms with Crippen LogP contribution in [0.1, 0.15) is 15.2 Å². The molecule has 3 N–H and O–H groups in total. The summed E-state index contributed by atoms with van der Waals surface area (Å²) >= 11 is 0.984. The lowest BCUT2D eigenvalue weighted by Gasteiger charge is -2.07. The predicted octanol–water partition coefficient (Wildman–Crippen LogP) is 2.48. The van der Waals surface area contributed by atoms with E-state index < -0.39 is 11.9 Å². The molecule has 0 aliphatic rings. The number of anilines is 1. The van der Waals surface area contributed by atoms with E-state index in [1.54, 1.807) is 31.2 Å². The minimum atomic E-state index is -1.02. The lowest BCUT2D eigenvalue weighted by molar-refractivity contribution is -0.118. The minimum Gasteiger partial charge on any atom is -0.504 e. The topological polar surface area (TPSA) is 95.9 Å². The van der Waals surface area contributed by atoms with Crippen molar-refractivity contribution in [1.29, 1.82) is 0 Å². The standard InChI is InChI=1S/C14H13NO5S/c1-8-6-12(21-13(8)14(18)19)15-11(17)7-20-10-5-3-2-4-9(10)16/h2-6,16H,7H2,1H3,(H,15,17)(H,18,19). The van der Waals surface area contributed by atoms with E-state index in [1.807, 2.05) is 0 Å². The van der Waals surface area contributed by atoms with Gasteiger partial charge in [0.05, 0.1) is 5.00 Å². The van der Waals surface area contributed by atoms with Gasteiger partial charge in [-0.1, -0.05) is 12.1 Å². The number of hydrogen-bond donors (Lipinski definition) is 3. The minimum absolute atomic E-state index is 0.0505. The van der Waals surface area contributed by atoms with Crippen LogP contribution in [0, 0.1) is 6.92 Å². The molecule has 0 unspecified atom stereocenters. The van der Waals surface area contributed by atoms with Gasteiger partial charge in [-0.05, 0) is 30.7 Å². The summed E-state index contributed by atoms with van der Waals surface area (Å²) < 4.78 is 5.18. The van der Waals surface area contributed by atoms with Crippen LogP contribution in [0.3, 0.4) is 0 Å². The Bertz CT molecular complexity index is 680. The molecule has 0 saturated carbocycles. The number of amides is 1. The molecule has 0 saturated heterocycles. The Morgan fingerprint density at radius 2 is 2.05 bits per heavy atom. The molecule has 110 valence electrons. The molecule has 0 radical (unpaired) electrons. The Hall–Kier alpha value is -2.54. The average Bonchev–Trinajstić information content (AvgIpc) is 2.79. The molecule has 0 aliphatic heterocycles. The van der Waals surface area contributed by atoms with Crippen molar-refractivity contribution >= 4 is 28.2 Å². The van der Waals surface area contributed by atoms with Crippen molar-refractivity contribution in [2.24, 2.45) is 0 Å². The molecule has 6 nitrogen and oxygen atoms in total. The monoisotopic (exact) mass is 307 g/mol. The maximum absolute atomic E-state index is 11.7. The fraction of sp³-hybridized carbons (Fsp3) is 0.143. The van der Waals surface area contributed by atoms with Gasteiger partial charge in [-0.2, -0.15) is 0 Å². The van der Waals surface area contributed by atoms with Crippen LogP contribution >= 0.6 is 11.3 Å². The first kappa shape index (κ1) is 14.9. The Kier molecular flexibility index (Phi) is 4.44. The van der Waals surface area contributed by atoms with E-state index in [0.29, 0.717) is 10.6 Å². The van der Waals surface area contributed by atoms with Crippen molar-refractivity contribution in [3.8, 4) is 11.5 Å². The Balaban J connectivity index is 1.95. The molecule has 0 bridgehead atoms. The number of carboxylic acids is 1. The highest BCUT2D eigenvalue weighted by Gasteiger charge is 2.14. The van der Waals surface area contributed by atoms with Crippen LogP contribution in [-0.4, -0.2) is 28.7 Å². The molecule has 1 aromatic heterocycles. The van der Waals surface area contributed by atoms with E-state index in [4.69, 9.17) is 9.84 Å². The average molecular weight is 307 g/mol. The summed E-state index contributed by atoms with van der Waals surface area (Å²) in [6, 6.07) is 7.90. The zero-order valence-corrected chi connectivity index (χ0v) is 11.9. The second-order valence-corrected chi connectivity index (χ2v) is 5.28. The molecule has 7 heteroatoms. The Morgan fingerprint density at radius 3 is 2.67 bits per heavy atom. The summed E-state index contributed by atoms with van der Waals surface area (Å²) in [5.41, 5.74) is 0.587. The van der Waals surface area contributed by atoms with Crippen LogP contribution in [0.5, 0.6) is 11.5 Å². The highest BCUT2D eigenvalue weighted by molar-refractivity contribution is 7.18. The molecule has 0 spiro atoms. The van der Waals surface area contributed by atoms with Gasteiger partial charge in [-0.25, -0.2) is 4.79 Å². The Labute approximate surface area is 124 Å². The third-order valence-corrected chi connectivity index (χ3v) is 3.74. The smallest absolute Gasteiger partial charge is 0.346 e. The van der Waals surface area contributed by atoms with Gasteiger partial charge >= 0.3 is 5.97 Å². The number of hydrogen-bond acceptors (Lipinski definition) is 5. The van der Waals surface area contributed by atoms with Crippen LogP contribution in [0.2, 0.25) is 0 Å². The van der Waals surface area contributed by atoms with Crippen molar-refractivity contribution in [2.75, 3.05) is 11.9 Å². The van der Waals surface area contributed by atoms with Gasteiger partial charge < -0.3 is 20.3 Å². The maximum Gasteiger partial charge on any atom is 0.346 e. The van der Waals surface area contributed by atoms with Crippen LogP contribution < -0.4 is 10.1 Å². The third-order valence-electron chi connectivity index (χ3n) is 2.60. The van der Waals surface area contributed by atoms with Crippen molar-refractivity contribution < 1.29 is 24.5 Å². The number of benzene rings is 1. The second kappa shape index (κ2) is 6.27. The molecular weight excluding hydrogens is 294 g/mol. The van der Waals surface area contributed by atoms with E-state index in [9.17, 15) is 14.7 Å². The first-order valence-electron chi connectivity index (χ1n) is 6.01. The van der Waals surface area contributed by atoms with Crippen molar-refractivity contribution in [1.82, 2.24) is 0 Å². The third kappa shape index (κ3) is 3.73. The van der Waals surface area contributed by atoms with E-state index in [0.717, 1.165) is 11.3 Å². The van der Waals surface area contributed by atoms with Crippen molar-refractivity contribution in [3.05, 3.63) is 40.8 Å². The number of aromatic hydroxyl groups is 1. The van der Waals surface area contributed by atoms with Gasteiger partial charge in [0.25, 0.3) is 5.91 Å². The van der Waals surface area contributed by atoms with E-state index in [2.05, 4.69) is 5.32 Å². The number of ether oxygens (including phenoxy) is 1. The fourth-order valence-corrected chi connectivity index (χ4v) is 2.58. The highest BCUT2D eigenvalue weighted by Crippen LogP contribution is 2.27. The first-order valence-corrected chi connectivity index (χ1v) is 6.83. The number of phenols is 1. The van der Waals surface area contributed by atoms with Crippen molar-refractivity contribution in [2.45, 2.75) is 6.92 Å². The summed E-state index contributed by atoms with van der Waals surface area (Å²) in [5, 5.41) is 21.4. The lowest BCUT2D eigenvalue weighted by Crippen LogP contribution is -2.19. The molecule has 1 aromatic carbocycles. The lowest BCUT2D eigenvalue weighted by atomic mass is 10.3. The number of phenolic OH excluding ortho intramolecular Hbond substituents is 1. The first-order chi connectivity index (χ1) is 9.97. The number of thiophene rings is 1. The number of aromatic carboxylic acids is 1. The zero-order chi connectivity index (χ0) is 15.4. The number of carbonyl (C=O) groups is 2. The number of carbonyl (C=O) groups excluding carboxylic acids is 1. The molecule has 2 aromatic rings. The van der Waals surface area contributed by atoms with Crippen LogP contribution in [-0.2, 0) is 4.79 Å². The van der Waals surface area contributed by atoms with Gasteiger partial charge in [0, 0.05) is 0 Å². The van der Waals surface area contributed by atoms with E-state index in [-0.39, 0.29) is 23.0 Å². The zero-order valence-electron chi connectivity index (χ0n) is 11.1. The SMILES string of the molecule is Cc1cc(NC(=O)COc2ccccc2O)sc1C(=O)O. The van der Waals surface area contributed by atoms with Crippen molar-refractivity contribution in [3.63, 3.8) is 0 Å². The summed E-state index contributed by atoms with van der Waals surface area (Å²) in [6.07, 6.45) is 0. The van der Waals surface area contributed by atoms with Crippen LogP contribution in [0.15, 0.2) is 30.3 Å². The van der Waals surface area contributed by atoms with Gasteiger partial charge in [0.15, 0.2) is 18.1 Å². The van der Waals surface area contributed by atoms with Crippen LogP contribution in [0.25, 0.3) is 0 Å². The number of rotatable bonds is 5. The number of nitrogens with one attached hydrogen (secondary N) is 1. The summed E-state index contributed by atoms with van der Waals surface area (Å²) in [6.45, 7) is 1.38. The summed E-state index contributed by atoms with van der Waals surface area (Å²) in [7, 11) is 0. The van der Waals surface area contributed by atoms with Gasteiger partial charge in [0.2, 0.25) is 0 Å². The number of aryl methyl sites for hydroxylation is 1. The molecule has 0 atom stereocenters.